The second kappa shape index (κ2) is 7.03. The molecule has 0 saturated carbocycles. The van der Waals surface area contributed by atoms with Crippen LogP contribution in [0.25, 0.3) is 10.9 Å². The number of amides is 1. The summed E-state index contributed by atoms with van der Waals surface area (Å²) in [5.41, 5.74) is 2.31. The molecule has 0 spiro atoms. The summed E-state index contributed by atoms with van der Waals surface area (Å²) < 4.78 is 5.51. The zero-order chi connectivity index (χ0) is 17.1. The first kappa shape index (κ1) is 15.8. The van der Waals surface area contributed by atoms with Crippen molar-refractivity contribution in [3.63, 3.8) is 0 Å². The Labute approximate surface area is 145 Å². The van der Waals surface area contributed by atoms with Crippen LogP contribution in [0.5, 0.6) is 0 Å². The number of nitrogens with zero attached hydrogens (tertiary/aromatic N) is 2. The first-order valence-corrected chi connectivity index (χ1v) is 8.55. The summed E-state index contributed by atoms with van der Waals surface area (Å²) in [5, 5.41) is 3.94. The van der Waals surface area contributed by atoms with Crippen molar-refractivity contribution in [2.24, 2.45) is 0 Å². The van der Waals surface area contributed by atoms with Gasteiger partial charge in [-0.25, -0.2) is 9.97 Å². The van der Waals surface area contributed by atoms with Crippen LogP contribution in [0.3, 0.4) is 0 Å². The van der Waals surface area contributed by atoms with E-state index < -0.39 is 0 Å². The zero-order valence-corrected chi connectivity index (χ0v) is 13.9. The van der Waals surface area contributed by atoms with Crippen LogP contribution in [0.15, 0.2) is 42.6 Å². The molecular weight excluding hydrogens is 316 g/mol. The Balaban J connectivity index is 1.42. The molecule has 1 aliphatic heterocycles. The van der Waals surface area contributed by atoms with E-state index in [1.54, 1.807) is 6.20 Å². The van der Waals surface area contributed by atoms with E-state index in [9.17, 15) is 4.79 Å². The lowest BCUT2D eigenvalue weighted by atomic mass is 10.0. The Morgan fingerprint density at radius 1 is 1.32 bits per heavy atom. The van der Waals surface area contributed by atoms with E-state index in [4.69, 9.17) is 4.74 Å². The number of para-hydroxylation sites is 1. The lowest BCUT2D eigenvalue weighted by Gasteiger charge is -2.20. The number of carbonyl (C=O) groups excluding carboxylic acids is 1. The van der Waals surface area contributed by atoms with Gasteiger partial charge in [0.15, 0.2) is 0 Å². The van der Waals surface area contributed by atoms with Gasteiger partial charge in [-0.3, -0.25) is 4.79 Å². The molecule has 25 heavy (non-hydrogen) atoms. The van der Waals surface area contributed by atoms with E-state index in [0.717, 1.165) is 41.9 Å². The third-order valence-corrected chi connectivity index (χ3v) is 4.46. The average Bonchev–Trinajstić information content (AvgIpc) is 3.11. The Kier molecular flexibility index (Phi) is 4.43. The van der Waals surface area contributed by atoms with Gasteiger partial charge in [0, 0.05) is 29.6 Å². The minimum atomic E-state index is -0.141. The number of aromatic nitrogens is 3. The monoisotopic (exact) mass is 336 g/mol. The number of hydrogen-bond acceptors (Lipinski definition) is 4. The van der Waals surface area contributed by atoms with Crippen LogP contribution in [0.1, 0.15) is 40.8 Å². The van der Waals surface area contributed by atoms with Crippen LogP contribution in [0.4, 0.5) is 0 Å². The number of carbonyl (C=O) groups is 1. The molecule has 1 amide bonds. The number of aromatic amines is 1. The van der Waals surface area contributed by atoms with E-state index in [0.29, 0.717) is 18.8 Å². The maximum absolute atomic E-state index is 12.4. The van der Waals surface area contributed by atoms with Crippen molar-refractivity contribution in [3.8, 4) is 0 Å². The SMILES string of the molecule is O=C(NCc1ccnc([C@H]2CCCOC2)n1)c1cc2ccccc2[nH]1. The van der Waals surface area contributed by atoms with Gasteiger partial charge in [-0.1, -0.05) is 18.2 Å². The Morgan fingerprint density at radius 2 is 2.24 bits per heavy atom. The Morgan fingerprint density at radius 3 is 3.08 bits per heavy atom. The maximum atomic E-state index is 12.4. The molecule has 2 aromatic heterocycles. The predicted molar refractivity (Wildman–Crippen MR) is 94.3 cm³/mol. The number of H-pyrrole nitrogens is 1. The van der Waals surface area contributed by atoms with Crippen molar-refractivity contribution < 1.29 is 9.53 Å². The van der Waals surface area contributed by atoms with Gasteiger partial charge in [-0.15, -0.1) is 0 Å². The lowest BCUT2D eigenvalue weighted by molar-refractivity contribution is 0.0779. The average molecular weight is 336 g/mol. The Hall–Kier alpha value is -2.73. The summed E-state index contributed by atoms with van der Waals surface area (Å²) in [6, 6.07) is 11.5. The van der Waals surface area contributed by atoms with Gasteiger partial charge in [0.2, 0.25) is 0 Å². The molecule has 3 heterocycles. The number of ether oxygens (including phenoxy) is 1. The highest BCUT2D eigenvalue weighted by molar-refractivity contribution is 5.97. The van der Waals surface area contributed by atoms with Gasteiger partial charge >= 0.3 is 0 Å². The summed E-state index contributed by atoms with van der Waals surface area (Å²) in [6.07, 6.45) is 3.83. The third kappa shape index (κ3) is 3.53. The molecule has 6 heteroatoms. The highest BCUT2D eigenvalue weighted by Gasteiger charge is 2.19. The number of nitrogens with one attached hydrogen (secondary N) is 2. The normalized spacial score (nSPS) is 17.5. The molecule has 1 atom stereocenters. The molecule has 6 nitrogen and oxygen atoms in total. The van der Waals surface area contributed by atoms with Crippen LogP contribution in [-0.4, -0.2) is 34.1 Å². The van der Waals surface area contributed by atoms with Crippen molar-refractivity contribution in [2.75, 3.05) is 13.2 Å². The highest BCUT2D eigenvalue weighted by atomic mass is 16.5. The first-order chi connectivity index (χ1) is 12.3. The van der Waals surface area contributed by atoms with E-state index in [1.165, 1.54) is 0 Å². The second-order valence-corrected chi connectivity index (χ2v) is 6.27. The molecule has 1 fully saturated rings. The summed E-state index contributed by atoms with van der Waals surface area (Å²) in [6.45, 7) is 1.86. The molecule has 1 aromatic carbocycles. The van der Waals surface area contributed by atoms with E-state index in [-0.39, 0.29) is 11.8 Å². The quantitative estimate of drug-likeness (QED) is 0.768. The third-order valence-electron chi connectivity index (χ3n) is 4.46. The number of fused-ring (bicyclic) bond motifs is 1. The van der Waals surface area contributed by atoms with Crippen LogP contribution in [0, 0.1) is 0 Å². The van der Waals surface area contributed by atoms with Crippen LogP contribution < -0.4 is 5.32 Å². The predicted octanol–water partition coefficient (Wildman–Crippen LogP) is 2.78. The number of hydrogen-bond donors (Lipinski definition) is 2. The van der Waals surface area contributed by atoms with Gasteiger partial charge in [0.05, 0.1) is 18.8 Å². The van der Waals surface area contributed by atoms with Gasteiger partial charge in [-0.05, 0) is 31.0 Å². The van der Waals surface area contributed by atoms with E-state index in [2.05, 4.69) is 20.3 Å². The van der Waals surface area contributed by atoms with Gasteiger partial charge in [-0.2, -0.15) is 0 Å². The summed E-state index contributed by atoms with van der Waals surface area (Å²) in [5.74, 6) is 0.910. The summed E-state index contributed by atoms with van der Waals surface area (Å²) in [7, 11) is 0. The van der Waals surface area contributed by atoms with E-state index >= 15 is 0 Å². The highest BCUT2D eigenvalue weighted by Crippen LogP contribution is 2.22. The van der Waals surface area contributed by atoms with Gasteiger partial charge in [0.25, 0.3) is 5.91 Å². The van der Waals surface area contributed by atoms with Crippen molar-refractivity contribution in [1.29, 1.82) is 0 Å². The molecule has 3 aromatic rings. The smallest absolute Gasteiger partial charge is 0.268 e. The van der Waals surface area contributed by atoms with Crippen LogP contribution in [0.2, 0.25) is 0 Å². The maximum Gasteiger partial charge on any atom is 0.268 e. The molecule has 1 saturated heterocycles. The fourth-order valence-electron chi connectivity index (χ4n) is 3.11. The summed E-state index contributed by atoms with van der Waals surface area (Å²) in [4.78, 5) is 24.5. The molecule has 128 valence electrons. The standard InChI is InChI=1S/C19H20N4O2/c24-19(17-10-13-4-1-2-6-16(13)23-17)21-11-15-7-8-20-18(22-15)14-5-3-9-25-12-14/h1-2,4,6-8,10,14,23H,3,5,9,11-12H2,(H,21,24)/t14-/m0/s1. The van der Waals surface area contributed by atoms with Crippen molar-refractivity contribution >= 4 is 16.8 Å². The molecular formula is C19H20N4O2. The minimum Gasteiger partial charge on any atom is -0.381 e. The second-order valence-electron chi connectivity index (χ2n) is 6.27. The van der Waals surface area contributed by atoms with E-state index in [1.807, 2.05) is 36.4 Å². The van der Waals surface area contributed by atoms with Gasteiger partial charge in [0.1, 0.15) is 11.5 Å². The first-order valence-electron chi connectivity index (χ1n) is 8.55. The zero-order valence-electron chi connectivity index (χ0n) is 13.9. The van der Waals surface area contributed by atoms with Gasteiger partial charge < -0.3 is 15.0 Å². The molecule has 1 aliphatic rings. The molecule has 0 radical (unpaired) electrons. The molecule has 4 rings (SSSR count). The Bertz CT molecular complexity index is 851. The molecule has 0 aliphatic carbocycles. The molecule has 0 unspecified atom stereocenters. The van der Waals surface area contributed by atoms with Crippen molar-refractivity contribution in [3.05, 3.63) is 59.8 Å². The fourth-order valence-corrected chi connectivity index (χ4v) is 3.11. The topological polar surface area (TPSA) is 79.9 Å². The molecule has 2 N–H and O–H groups in total. The number of rotatable bonds is 4. The number of benzene rings is 1. The largest absolute Gasteiger partial charge is 0.381 e. The van der Waals surface area contributed by atoms with Crippen LogP contribution in [-0.2, 0) is 11.3 Å². The fraction of sp³-hybridized carbons (Fsp3) is 0.316. The lowest BCUT2D eigenvalue weighted by Crippen LogP contribution is -2.24. The van der Waals surface area contributed by atoms with Crippen molar-refractivity contribution in [1.82, 2.24) is 20.3 Å². The summed E-state index contributed by atoms with van der Waals surface area (Å²) >= 11 is 0. The van der Waals surface area contributed by atoms with Crippen LogP contribution >= 0.6 is 0 Å². The van der Waals surface area contributed by atoms with Crippen molar-refractivity contribution in [2.45, 2.75) is 25.3 Å². The molecule has 0 bridgehead atoms. The minimum absolute atomic E-state index is 0.141.